The third-order valence-electron chi connectivity index (χ3n) is 2.66. The van der Waals surface area contributed by atoms with E-state index < -0.39 is 22.0 Å². The summed E-state index contributed by atoms with van der Waals surface area (Å²) in [5, 5.41) is 28.7. The molecule has 0 spiro atoms. The number of nitrogens with zero attached hydrogens (tertiary/aromatic N) is 3. The number of hydrogen-bond acceptors (Lipinski definition) is 7. The van der Waals surface area contributed by atoms with Crippen LogP contribution in [0.2, 0.25) is 5.02 Å². The van der Waals surface area contributed by atoms with Crippen LogP contribution in [0.3, 0.4) is 0 Å². The predicted octanol–water partition coefficient (Wildman–Crippen LogP) is 1.64. The van der Waals surface area contributed by atoms with Crippen LogP contribution < -0.4 is 5.32 Å². The molecule has 1 aliphatic heterocycles. The molecule has 0 aromatic heterocycles. The van der Waals surface area contributed by atoms with Crippen molar-refractivity contribution in [2.45, 2.75) is 11.7 Å². The number of nitrogens with one attached hydrogen (secondary N) is 1. The molecule has 1 atom stereocenters. The summed E-state index contributed by atoms with van der Waals surface area (Å²) in [6.07, 6.45) is 0.941. The molecule has 0 radical (unpaired) electrons. The fraction of sp³-hybridized carbons (Fsp3) is 0.167. The smallest absolute Gasteiger partial charge is 0.305 e. The first kappa shape index (κ1) is 16.9. The lowest BCUT2D eigenvalue weighted by molar-refractivity contribution is -0.384. The molecule has 1 aromatic rings. The SMILES string of the molecule is O=C(O)CC1SC(=NN=Cc2ccc(Cl)c([N+](=O)[O-])c2)NC1=O. The number of halogens is 1. The molecule has 0 aliphatic carbocycles. The average Bonchev–Trinajstić information content (AvgIpc) is 2.80. The molecule has 1 unspecified atom stereocenters. The number of hydrogen-bond donors (Lipinski definition) is 2. The van der Waals surface area contributed by atoms with E-state index in [-0.39, 0.29) is 22.3 Å². The highest BCUT2D eigenvalue weighted by Crippen LogP contribution is 2.25. The molecular weight excluding hydrogens is 348 g/mol. The molecule has 1 aromatic carbocycles. The van der Waals surface area contributed by atoms with Crippen molar-refractivity contribution in [3.05, 3.63) is 38.9 Å². The minimum atomic E-state index is -1.09. The normalized spacial score (nSPS) is 19.3. The first-order chi connectivity index (χ1) is 10.9. The van der Waals surface area contributed by atoms with Gasteiger partial charge in [0.05, 0.1) is 17.6 Å². The van der Waals surface area contributed by atoms with Gasteiger partial charge in [-0.25, -0.2) is 0 Å². The van der Waals surface area contributed by atoms with Crippen molar-refractivity contribution in [2.75, 3.05) is 0 Å². The highest BCUT2D eigenvalue weighted by atomic mass is 35.5. The van der Waals surface area contributed by atoms with Gasteiger partial charge in [-0.05, 0) is 6.07 Å². The molecule has 9 nitrogen and oxygen atoms in total. The van der Waals surface area contributed by atoms with E-state index in [9.17, 15) is 19.7 Å². The Balaban J connectivity index is 2.07. The number of nitro groups is 1. The molecule has 1 saturated heterocycles. The van der Waals surface area contributed by atoms with Gasteiger partial charge in [-0.1, -0.05) is 29.4 Å². The standard InChI is InChI=1S/C12H9ClN4O5S/c13-7-2-1-6(3-8(7)17(21)22)5-14-16-12-15-11(20)9(23-12)4-10(18)19/h1-3,5,9H,4H2,(H,18,19)(H,15,16,20). The minimum absolute atomic E-state index is 0.00795. The third-order valence-corrected chi connectivity index (χ3v) is 4.05. The number of benzene rings is 1. The summed E-state index contributed by atoms with van der Waals surface area (Å²) in [7, 11) is 0. The van der Waals surface area contributed by atoms with Gasteiger partial charge < -0.3 is 10.4 Å². The van der Waals surface area contributed by atoms with Gasteiger partial charge in [-0.15, -0.1) is 5.10 Å². The molecule has 1 aliphatic rings. The number of nitro benzene ring substituents is 1. The number of amides is 1. The van der Waals surface area contributed by atoms with Crippen molar-refractivity contribution in [2.24, 2.45) is 10.2 Å². The number of thioether (sulfide) groups is 1. The van der Waals surface area contributed by atoms with Crippen molar-refractivity contribution in [3.8, 4) is 0 Å². The van der Waals surface area contributed by atoms with Crippen LogP contribution in [0, 0.1) is 10.1 Å². The maximum absolute atomic E-state index is 11.5. The molecule has 11 heteroatoms. The Morgan fingerprint density at radius 1 is 1.57 bits per heavy atom. The Labute approximate surface area is 138 Å². The minimum Gasteiger partial charge on any atom is -0.481 e. The van der Waals surface area contributed by atoms with E-state index in [1.54, 1.807) is 0 Å². The average molecular weight is 357 g/mol. The quantitative estimate of drug-likeness (QED) is 0.468. The van der Waals surface area contributed by atoms with Crippen LogP contribution in [-0.2, 0) is 9.59 Å². The van der Waals surface area contributed by atoms with E-state index in [1.165, 1.54) is 24.4 Å². The molecule has 1 heterocycles. The largest absolute Gasteiger partial charge is 0.481 e. The Bertz CT molecular complexity index is 736. The van der Waals surface area contributed by atoms with E-state index in [1.807, 2.05) is 0 Å². The number of rotatable bonds is 5. The molecule has 1 fully saturated rings. The van der Waals surface area contributed by atoms with Gasteiger partial charge in [0.2, 0.25) is 5.91 Å². The fourth-order valence-electron chi connectivity index (χ4n) is 1.64. The van der Waals surface area contributed by atoms with Crippen molar-refractivity contribution in [1.82, 2.24) is 5.32 Å². The van der Waals surface area contributed by atoms with Crippen LogP contribution in [0.25, 0.3) is 0 Å². The summed E-state index contributed by atoms with van der Waals surface area (Å²) in [5.41, 5.74) is 0.148. The second-order valence-electron chi connectivity index (χ2n) is 4.31. The van der Waals surface area contributed by atoms with Gasteiger partial charge in [-0.3, -0.25) is 19.7 Å². The zero-order valence-electron chi connectivity index (χ0n) is 11.3. The first-order valence-electron chi connectivity index (χ1n) is 6.11. The molecule has 0 bridgehead atoms. The number of carboxylic acids is 1. The van der Waals surface area contributed by atoms with Gasteiger partial charge >= 0.3 is 5.97 Å². The maximum Gasteiger partial charge on any atom is 0.305 e. The van der Waals surface area contributed by atoms with Crippen molar-refractivity contribution in [3.63, 3.8) is 0 Å². The maximum atomic E-state index is 11.5. The number of carboxylic acid groups (broad SMARTS) is 1. The molecule has 2 rings (SSSR count). The lowest BCUT2D eigenvalue weighted by Gasteiger charge is -1.98. The van der Waals surface area contributed by atoms with Crippen LogP contribution in [-0.4, -0.2) is 38.5 Å². The molecule has 23 heavy (non-hydrogen) atoms. The van der Waals surface area contributed by atoms with Gasteiger partial charge in [0.25, 0.3) is 5.69 Å². The number of aliphatic carboxylic acids is 1. The summed E-state index contributed by atoms with van der Waals surface area (Å²) in [4.78, 5) is 32.2. The Morgan fingerprint density at radius 3 is 2.96 bits per heavy atom. The Hall–Kier alpha value is -2.46. The predicted molar refractivity (Wildman–Crippen MR) is 84.9 cm³/mol. The highest BCUT2D eigenvalue weighted by Gasteiger charge is 2.32. The van der Waals surface area contributed by atoms with Gasteiger partial charge in [0.1, 0.15) is 10.3 Å². The van der Waals surface area contributed by atoms with E-state index >= 15 is 0 Å². The van der Waals surface area contributed by atoms with Crippen LogP contribution in [0.5, 0.6) is 0 Å². The van der Waals surface area contributed by atoms with Crippen molar-refractivity contribution in [1.29, 1.82) is 0 Å². The summed E-state index contributed by atoms with van der Waals surface area (Å²) >= 11 is 6.65. The van der Waals surface area contributed by atoms with Crippen LogP contribution >= 0.6 is 23.4 Å². The summed E-state index contributed by atoms with van der Waals surface area (Å²) in [6, 6.07) is 4.12. The molecule has 2 N–H and O–H groups in total. The highest BCUT2D eigenvalue weighted by molar-refractivity contribution is 8.15. The van der Waals surface area contributed by atoms with E-state index in [4.69, 9.17) is 16.7 Å². The van der Waals surface area contributed by atoms with Gasteiger partial charge in [0.15, 0.2) is 5.17 Å². The Kier molecular flexibility index (Phi) is 5.29. The lowest BCUT2D eigenvalue weighted by atomic mass is 10.2. The fourth-order valence-corrected chi connectivity index (χ4v) is 2.74. The molecule has 1 amide bonds. The van der Waals surface area contributed by atoms with Gasteiger partial charge in [-0.2, -0.15) is 5.10 Å². The number of carbonyl (C=O) groups excluding carboxylic acids is 1. The number of amidine groups is 1. The second kappa shape index (κ2) is 7.20. The molecular formula is C12H9ClN4O5S. The first-order valence-corrected chi connectivity index (χ1v) is 7.37. The molecule has 0 saturated carbocycles. The zero-order chi connectivity index (χ0) is 17.0. The third kappa shape index (κ3) is 4.50. The van der Waals surface area contributed by atoms with E-state index in [0.717, 1.165) is 11.8 Å². The van der Waals surface area contributed by atoms with Crippen molar-refractivity contribution < 1.29 is 19.6 Å². The second-order valence-corrected chi connectivity index (χ2v) is 5.91. The summed E-state index contributed by atoms with van der Waals surface area (Å²) in [5.74, 6) is -1.54. The number of carbonyl (C=O) groups is 2. The van der Waals surface area contributed by atoms with Crippen LogP contribution in [0.1, 0.15) is 12.0 Å². The zero-order valence-corrected chi connectivity index (χ0v) is 12.9. The van der Waals surface area contributed by atoms with Crippen LogP contribution in [0.4, 0.5) is 5.69 Å². The lowest BCUT2D eigenvalue weighted by Crippen LogP contribution is -2.26. The van der Waals surface area contributed by atoms with Crippen molar-refractivity contribution >= 4 is 52.3 Å². The topological polar surface area (TPSA) is 134 Å². The molecule has 120 valence electrons. The summed E-state index contributed by atoms with van der Waals surface area (Å²) in [6.45, 7) is 0. The Morgan fingerprint density at radius 2 is 2.30 bits per heavy atom. The van der Waals surface area contributed by atoms with E-state index in [2.05, 4.69) is 15.5 Å². The van der Waals surface area contributed by atoms with Crippen LogP contribution in [0.15, 0.2) is 28.4 Å². The van der Waals surface area contributed by atoms with E-state index in [0.29, 0.717) is 5.56 Å². The summed E-state index contributed by atoms with van der Waals surface area (Å²) < 4.78 is 0. The van der Waals surface area contributed by atoms with Gasteiger partial charge in [0, 0.05) is 11.6 Å². The monoisotopic (exact) mass is 356 g/mol.